The summed E-state index contributed by atoms with van der Waals surface area (Å²) in [6, 6.07) is 4.90. The average Bonchev–Trinajstić information content (AvgIpc) is 2.21. The van der Waals surface area contributed by atoms with Gasteiger partial charge >= 0.3 is 0 Å². The molecule has 0 atom stereocenters. The summed E-state index contributed by atoms with van der Waals surface area (Å²) in [4.78, 5) is 0. The predicted octanol–water partition coefficient (Wildman–Crippen LogP) is 4.59. The van der Waals surface area contributed by atoms with E-state index in [0.29, 0.717) is 12.4 Å². The van der Waals surface area contributed by atoms with Crippen molar-refractivity contribution in [2.75, 3.05) is 6.61 Å². The smallest absolute Gasteiger partial charge is 0.165 e. The van der Waals surface area contributed by atoms with E-state index in [9.17, 15) is 4.39 Å². The predicted molar refractivity (Wildman–Crippen MR) is 67.4 cm³/mol. The van der Waals surface area contributed by atoms with E-state index in [1.807, 2.05) is 20.8 Å². The van der Waals surface area contributed by atoms with Gasteiger partial charge in [0.15, 0.2) is 11.6 Å². The van der Waals surface area contributed by atoms with Crippen molar-refractivity contribution in [3.05, 3.63) is 29.6 Å². The first-order chi connectivity index (χ1) is 7.38. The number of aryl methyl sites for hydroxylation is 1. The van der Waals surface area contributed by atoms with Gasteiger partial charge in [0.05, 0.1) is 6.61 Å². The fourth-order valence-corrected chi connectivity index (χ4v) is 1.02. The molecule has 0 aliphatic carbocycles. The Morgan fingerprint density at radius 3 is 2.25 bits per heavy atom. The van der Waals surface area contributed by atoms with E-state index in [0.717, 1.165) is 5.56 Å². The maximum absolute atomic E-state index is 13.2. The zero-order valence-electron chi connectivity index (χ0n) is 11.2. The minimum absolute atomic E-state index is 0.0518. The number of hydrogen-bond acceptors (Lipinski definition) is 1. The van der Waals surface area contributed by atoms with Crippen LogP contribution in [0.2, 0.25) is 0 Å². The van der Waals surface area contributed by atoms with Gasteiger partial charge in [-0.2, -0.15) is 0 Å². The minimum atomic E-state index is -0.292. The van der Waals surface area contributed by atoms with Crippen LogP contribution in [-0.2, 0) is 0 Å². The summed E-state index contributed by atoms with van der Waals surface area (Å²) in [5.41, 5.74) is 1.06. The highest BCUT2D eigenvalue weighted by atomic mass is 19.1. The summed E-state index contributed by atoms with van der Waals surface area (Å²) in [5.74, 6) is 0.0553. The topological polar surface area (TPSA) is 9.23 Å². The molecule has 0 unspecified atom stereocenters. The second-order valence-electron chi connectivity index (χ2n) is 4.78. The molecule has 0 aliphatic heterocycles. The Labute approximate surface area is 98.6 Å². The Balaban J connectivity index is 0.00000106. The number of halogens is 1. The van der Waals surface area contributed by atoms with Gasteiger partial charge in [-0.25, -0.2) is 4.39 Å². The molecule has 0 bridgehead atoms. The van der Waals surface area contributed by atoms with Crippen LogP contribution in [0.25, 0.3) is 0 Å². The normalized spacial score (nSPS) is 10.4. The van der Waals surface area contributed by atoms with Crippen molar-refractivity contribution in [2.45, 2.75) is 41.5 Å². The lowest BCUT2D eigenvalue weighted by atomic mass is 9.99. The van der Waals surface area contributed by atoms with Gasteiger partial charge < -0.3 is 4.74 Å². The fraction of sp³-hybridized carbons (Fsp3) is 0.571. The van der Waals surface area contributed by atoms with Crippen LogP contribution in [0.5, 0.6) is 5.75 Å². The molecule has 0 saturated carbocycles. The van der Waals surface area contributed by atoms with Crippen molar-refractivity contribution in [2.24, 2.45) is 5.41 Å². The highest BCUT2D eigenvalue weighted by molar-refractivity contribution is 5.29. The highest BCUT2D eigenvalue weighted by Crippen LogP contribution is 2.21. The average molecular weight is 226 g/mol. The monoisotopic (exact) mass is 226 g/mol. The zero-order valence-corrected chi connectivity index (χ0v) is 11.2. The molecule has 16 heavy (non-hydrogen) atoms. The molecule has 0 radical (unpaired) electrons. The van der Waals surface area contributed by atoms with E-state index in [2.05, 4.69) is 20.8 Å². The first-order valence-corrected chi connectivity index (χ1v) is 5.77. The standard InChI is InChI=1S/C12H17FO.C2H6/c1-9-5-6-10(13)11(7-9)14-8-12(2,3)4;1-2/h5-7H,8H2,1-4H3;1-2H3. The summed E-state index contributed by atoms with van der Waals surface area (Å²) >= 11 is 0. The van der Waals surface area contributed by atoms with Crippen LogP contribution in [0.3, 0.4) is 0 Å². The van der Waals surface area contributed by atoms with Crippen molar-refractivity contribution < 1.29 is 9.13 Å². The Bertz CT molecular complexity index is 313. The molecule has 0 spiro atoms. The second kappa shape index (κ2) is 6.51. The molecule has 0 fully saturated rings. The third kappa shape index (κ3) is 5.74. The first-order valence-electron chi connectivity index (χ1n) is 5.77. The molecular formula is C14H23FO. The SMILES string of the molecule is CC.Cc1ccc(F)c(OCC(C)(C)C)c1. The van der Waals surface area contributed by atoms with E-state index in [1.54, 1.807) is 12.1 Å². The van der Waals surface area contributed by atoms with Gasteiger partial charge in [0.2, 0.25) is 0 Å². The summed E-state index contributed by atoms with van der Waals surface area (Å²) in [6.45, 7) is 12.6. The number of benzene rings is 1. The van der Waals surface area contributed by atoms with Gasteiger partial charge in [-0.3, -0.25) is 0 Å². The third-order valence-corrected chi connectivity index (χ3v) is 1.75. The van der Waals surface area contributed by atoms with Crippen molar-refractivity contribution in [1.29, 1.82) is 0 Å². The molecule has 1 nitrogen and oxygen atoms in total. The maximum Gasteiger partial charge on any atom is 0.165 e. The summed E-state index contributed by atoms with van der Waals surface area (Å²) in [5, 5.41) is 0. The van der Waals surface area contributed by atoms with Crippen LogP contribution < -0.4 is 4.74 Å². The molecule has 2 heteroatoms. The Kier molecular flexibility index (Phi) is 6.09. The first kappa shape index (κ1) is 14.9. The molecule has 1 aromatic rings. The molecular weight excluding hydrogens is 203 g/mol. The molecule has 1 rings (SSSR count). The van der Waals surface area contributed by atoms with Crippen LogP contribution in [0, 0.1) is 18.2 Å². The van der Waals surface area contributed by atoms with Gasteiger partial charge in [-0.15, -0.1) is 0 Å². The summed E-state index contributed by atoms with van der Waals surface area (Å²) in [7, 11) is 0. The Hall–Kier alpha value is -1.05. The third-order valence-electron chi connectivity index (χ3n) is 1.75. The molecule has 92 valence electrons. The van der Waals surface area contributed by atoms with Crippen LogP contribution in [0.4, 0.5) is 4.39 Å². The van der Waals surface area contributed by atoms with E-state index in [-0.39, 0.29) is 11.2 Å². The van der Waals surface area contributed by atoms with E-state index < -0.39 is 0 Å². The Morgan fingerprint density at radius 1 is 1.19 bits per heavy atom. The number of rotatable bonds is 2. The van der Waals surface area contributed by atoms with Crippen molar-refractivity contribution in [1.82, 2.24) is 0 Å². The van der Waals surface area contributed by atoms with Crippen LogP contribution >= 0.6 is 0 Å². The number of ether oxygens (including phenoxy) is 1. The number of hydrogen-bond donors (Lipinski definition) is 0. The molecule has 0 saturated heterocycles. The van der Waals surface area contributed by atoms with Gasteiger partial charge in [-0.05, 0) is 30.0 Å². The van der Waals surface area contributed by atoms with Gasteiger partial charge in [0.25, 0.3) is 0 Å². The molecule has 1 aromatic carbocycles. The maximum atomic E-state index is 13.2. The minimum Gasteiger partial charge on any atom is -0.490 e. The quantitative estimate of drug-likeness (QED) is 0.717. The van der Waals surface area contributed by atoms with Crippen molar-refractivity contribution >= 4 is 0 Å². The molecule has 0 aromatic heterocycles. The van der Waals surface area contributed by atoms with Crippen LogP contribution in [-0.4, -0.2) is 6.61 Å². The highest BCUT2D eigenvalue weighted by Gasteiger charge is 2.12. The zero-order chi connectivity index (χ0) is 12.8. The Morgan fingerprint density at radius 2 is 1.75 bits per heavy atom. The summed E-state index contributed by atoms with van der Waals surface area (Å²) < 4.78 is 18.6. The molecule has 0 amide bonds. The van der Waals surface area contributed by atoms with Crippen molar-refractivity contribution in [3.63, 3.8) is 0 Å². The van der Waals surface area contributed by atoms with E-state index >= 15 is 0 Å². The lowest BCUT2D eigenvalue weighted by molar-refractivity contribution is 0.191. The van der Waals surface area contributed by atoms with E-state index in [4.69, 9.17) is 4.74 Å². The van der Waals surface area contributed by atoms with E-state index in [1.165, 1.54) is 6.07 Å². The van der Waals surface area contributed by atoms with Crippen LogP contribution in [0.1, 0.15) is 40.2 Å². The fourth-order valence-electron chi connectivity index (χ4n) is 1.02. The molecule has 0 aliphatic rings. The van der Waals surface area contributed by atoms with Crippen LogP contribution in [0.15, 0.2) is 18.2 Å². The lowest BCUT2D eigenvalue weighted by Gasteiger charge is -2.19. The van der Waals surface area contributed by atoms with Crippen molar-refractivity contribution in [3.8, 4) is 5.75 Å². The van der Waals surface area contributed by atoms with Gasteiger partial charge in [0.1, 0.15) is 0 Å². The summed E-state index contributed by atoms with van der Waals surface area (Å²) in [6.07, 6.45) is 0. The lowest BCUT2D eigenvalue weighted by Crippen LogP contribution is -2.17. The van der Waals surface area contributed by atoms with Gasteiger partial charge in [-0.1, -0.05) is 40.7 Å². The van der Waals surface area contributed by atoms with Gasteiger partial charge in [0, 0.05) is 0 Å². The molecule has 0 N–H and O–H groups in total. The second-order valence-corrected chi connectivity index (χ2v) is 4.78. The largest absolute Gasteiger partial charge is 0.490 e. The molecule has 0 heterocycles.